The number of aryl methyl sites for hydroxylation is 1. The minimum atomic E-state index is -1.03. The van der Waals surface area contributed by atoms with E-state index >= 15 is 0 Å². The maximum atomic E-state index is 13.1. The Balaban J connectivity index is 1.39. The van der Waals surface area contributed by atoms with Crippen LogP contribution in [0.3, 0.4) is 0 Å². The monoisotopic (exact) mass is 424 g/mol. The number of hydrogen-bond acceptors (Lipinski definition) is 5. The van der Waals surface area contributed by atoms with Gasteiger partial charge in [-0.2, -0.15) is 0 Å². The highest BCUT2D eigenvalue weighted by Gasteiger charge is 2.61. The van der Waals surface area contributed by atoms with Crippen molar-refractivity contribution in [2.45, 2.75) is 39.7 Å². The van der Waals surface area contributed by atoms with Crippen molar-refractivity contribution in [3.63, 3.8) is 0 Å². The molecule has 2 fully saturated rings. The maximum Gasteiger partial charge on any atom is 0.330 e. The van der Waals surface area contributed by atoms with E-state index in [-0.39, 0.29) is 41.4 Å². The standard InChI is InChI=1S/C24H28N2O5/c1-4-14-5-9-17(10-6-14)25-18(27)12-31-24(30)21(13(2)3)26-22(28)19-15-7-8-16(11-15)20(19)23(26)29/h5-10,13,15-16,19-21H,4,11-12H2,1-3H3,(H,25,27)/t15-,16-,19-,20-,21-/m0/s1. The number of hydrogen-bond donors (Lipinski definition) is 1. The van der Waals surface area contributed by atoms with Crippen molar-refractivity contribution in [3.8, 4) is 0 Å². The Morgan fingerprint density at radius 3 is 2.16 bits per heavy atom. The summed E-state index contributed by atoms with van der Waals surface area (Å²) in [4.78, 5) is 52.3. The lowest BCUT2D eigenvalue weighted by molar-refractivity contribution is -0.162. The van der Waals surface area contributed by atoms with Gasteiger partial charge in [0.2, 0.25) is 11.8 Å². The SMILES string of the molecule is CCc1ccc(NC(=O)COC(=O)[C@H](C(C)C)N2C(=O)[C@@H]3[C@@H](C2=O)[C@H]2C=C[C@H]3C2)cc1. The van der Waals surface area contributed by atoms with Crippen molar-refractivity contribution in [3.05, 3.63) is 42.0 Å². The Morgan fingerprint density at radius 1 is 1.06 bits per heavy atom. The molecule has 1 N–H and O–H groups in total. The van der Waals surface area contributed by atoms with Crippen LogP contribution < -0.4 is 5.32 Å². The third kappa shape index (κ3) is 3.77. The number of allylic oxidation sites excluding steroid dienone is 2. The molecule has 0 aromatic heterocycles. The van der Waals surface area contributed by atoms with Gasteiger partial charge < -0.3 is 10.1 Å². The third-order valence-electron chi connectivity index (χ3n) is 6.65. The molecule has 1 heterocycles. The smallest absolute Gasteiger partial charge is 0.330 e. The fourth-order valence-corrected chi connectivity index (χ4v) is 5.12. The van der Waals surface area contributed by atoms with Crippen molar-refractivity contribution in [1.82, 2.24) is 4.90 Å². The summed E-state index contributed by atoms with van der Waals surface area (Å²) in [6, 6.07) is 6.39. The predicted molar refractivity (Wildman–Crippen MR) is 114 cm³/mol. The summed E-state index contributed by atoms with van der Waals surface area (Å²) in [5.41, 5.74) is 1.76. The molecule has 31 heavy (non-hydrogen) atoms. The summed E-state index contributed by atoms with van der Waals surface area (Å²) >= 11 is 0. The third-order valence-corrected chi connectivity index (χ3v) is 6.65. The van der Waals surface area contributed by atoms with Crippen LogP contribution in [0.25, 0.3) is 0 Å². The van der Waals surface area contributed by atoms with Crippen LogP contribution in [-0.4, -0.2) is 41.2 Å². The molecule has 3 amide bonds. The number of imide groups is 1. The number of amides is 3. The van der Waals surface area contributed by atoms with Crippen molar-refractivity contribution in [2.24, 2.45) is 29.6 Å². The molecule has 2 aliphatic carbocycles. The summed E-state index contributed by atoms with van der Waals surface area (Å²) in [6.07, 6.45) is 5.76. The van der Waals surface area contributed by atoms with Gasteiger partial charge in [-0.15, -0.1) is 0 Å². The number of ether oxygens (including phenoxy) is 1. The van der Waals surface area contributed by atoms with Crippen molar-refractivity contribution >= 4 is 29.4 Å². The van der Waals surface area contributed by atoms with Gasteiger partial charge in [-0.05, 0) is 48.3 Å². The van der Waals surface area contributed by atoms with E-state index in [9.17, 15) is 19.2 Å². The van der Waals surface area contributed by atoms with Crippen LogP contribution in [0.5, 0.6) is 0 Å². The molecule has 2 bridgehead atoms. The van der Waals surface area contributed by atoms with E-state index in [1.54, 1.807) is 26.0 Å². The summed E-state index contributed by atoms with van der Waals surface area (Å²) in [5, 5.41) is 2.68. The van der Waals surface area contributed by atoms with Crippen molar-refractivity contribution in [1.29, 1.82) is 0 Å². The highest BCUT2D eigenvalue weighted by molar-refractivity contribution is 6.09. The Morgan fingerprint density at radius 2 is 1.65 bits per heavy atom. The number of carbonyl (C=O) groups excluding carboxylic acids is 4. The lowest BCUT2D eigenvalue weighted by Crippen LogP contribution is -2.50. The highest BCUT2D eigenvalue weighted by atomic mass is 16.5. The molecule has 4 rings (SSSR count). The Kier molecular flexibility index (Phi) is 5.69. The first-order chi connectivity index (χ1) is 14.8. The van der Waals surface area contributed by atoms with Gasteiger partial charge in [0.15, 0.2) is 6.61 Å². The second-order valence-corrected chi connectivity index (χ2v) is 8.94. The molecule has 1 saturated heterocycles. The first-order valence-electron chi connectivity index (χ1n) is 10.9. The van der Waals surface area contributed by atoms with Gasteiger partial charge in [0.05, 0.1) is 11.8 Å². The highest BCUT2D eigenvalue weighted by Crippen LogP contribution is 2.53. The molecule has 1 aromatic carbocycles. The van der Waals surface area contributed by atoms with Gasteiger partial charge in [-0.1, -0.05) is 45.1 Å². The number of carbonyl (C=O) groups is 4. The molecule has 3 aliphatic rings. The predicted octanol–water partition coefficient (Wildman–Crippen LogP) is 2.56. The van der Waals surface area contributed by atoms with Gasteiger partial charge >= 0.3 is 5.97 Å². The topological polar surface area (TPSA) is 92.8 Å². The summed E-state index contributed by atoms with van der Waals surface area (Å²) in [7, 11) is 0. The fourth-order valence-electron chi connectivity index (χ4n) is 5.12. The first-order valence-corrected chi connectivity index (χ1v) is 10.9. The lowest BCUT2D eigenvalue weighted by atomic mass is 9.85. The summed E-state index contributed by atoms with van der Waals surface area (Å²) in [6.45, 7) is 5.10. The van der Waals surface area contributed by atoms with E-state index in [1.807, 2.05) is 31.2 Å². The average molecular weight is 424 g/mol. The number of fused-ring (bicyclic) bond motifs is 5. The molecule has 7 nitrogen and oxygen atoms in total. The van der Waals surface area contributed by atoms with Crippen LogP contribution in [0.15, 0.2) is 36.4 Å². The minimum absolute atomic E-state index is 0.0742. The second-order valence-electron chi connectivity index (χ2n) is 8.94. The van der Waals surface area contributed by atoms with Gasteiger partial charge in [0.25, 0.3) is 5.91 Å². The van der Waals surface area contributed by atoms with Crippen LogP contribution in [0.1, 0.15) is 32.8 Å². The lowest BCUT2D eigenvalue weighted by Gasteiger charge is -2.28. The normalized spacial score (nSPS) is 27.0. The van der Waals surface area contributed by atoms with Gasteiger partial charge in [0, 0.05) is 5.69 Å². The quantitative estimate of drug-likeness (QED) is 0.413. The van der Waals surface area contributed by atoms with Gasteiger partial charge in [0.1, 0.15) is 6.04 Å². The molecule has 0 radical (unpaired) electrons. The number of esters is 1. The van der Waals surface area contributed by atoms with Crippen LogP contribution in [-0.2, 0) is 30.3 Å². The Hall–Kier alpha value is -2.96. The number of anilines is 1. The number of rotatable bonds is 7. The molecule has 5 atom stereocenters. The Bertz CT molecular complexity index is 906. The molecular formula is C24H28N2O5. The first kappa shape index (κ1) is 21.3. The van der Waals surface area contributed by atoms with Crippen molar-refractivity contribution in [2.75, 3.05) is 11.9 Å². The Labute approximate surface area is 181 Å². The van der Waals surface area contributed by atoms with Crippen molar-refractivity contribution < 1.29 is 23.9 Å². The number of nitrogens with zero attached hydrogens (tertiary/aromatic N) is 1. The molecule has 7 heteroatoms. The van der Waals surface area contributed by atoms with E-state index in [4.69, 9.17) is 4.74 Å². The number of benzene rings is 1. The van der Waals surface area contributed by atoms with E-state index < -0.39 is 24.5 Å². The summed E-state index contributed by atoms with van der Waals surface area (Å²) < 4.78 is 5.23. The van der Waals surface area contributed by atoms with Crippen LogP contribution in [0.2, 0.25) is 0 Å². The molecular weight excluding hydrogens is 396 g/mol. The fraction of sp³-hybridized carbons (Fsp3) is 0.500. The molecule has 1 aromatic rings. The minimum Gasteiger partial charge on any atom is -0.454 e. The zero-order chi connectivity index (χ0) is 22.3. The van der Waals surface area contributed by atoms with Crippen LogP contribution in [0.4, 0.5) is 5.69 Å². The second kappa shape index (κ2) is 8.29. The largest absolute Gasteiger partial charge is 0.454 e. The number of likely N-dealkylation sites (tertiary alicyclic amines) is 1. The molecule has 0 unspecified atom stereocenters. The average Bonchev–Trinajstić information content (AvgIpc) is 3.42. The molecule has 0 spiro atoms. The molecule has 164 valence electrons. The van der Waals surface area contributed by atoms with Crippen LogP contribution >= 0.6 is 0 Å². The van der Waals surface area contributed by atoms with E-state index in [2.05, 4.69) is 5.32 Å². The zero-order valence-electron chi connectivity index (χ0n) is 18.0. The van der Waals surface area contributed by atoms with Gasteiger partial charge in [-0.3, -0.25) is 19.3 Å². The molecule has 1 aliphatic heterocycles. The molecule has 1 saturated carbocycles. The maximum absolute atomic E-state index is 13.1. The summed E-state index contributed by atoms with van der Waals surface area (Å²) in [5.74, 6) is -2.70. The van der Waals surface area contributed by atoms with Gasteiger partial charge in [-0.25, -0.2) is 4.79 Å². The zero-order valence-corrected chi connectivity index (χ0v) is 18.0. The van der Waals surface area contributed by atoms with E-state index in [0.29, 0.717) is 5.69 Å². The van der Waals surface area contributed by atoms with E-state index in [1.165, 1.54) is 0 Å². The number of nitrogens with one attached hydrogen (secondary N) is 1. The van der Waals surface area contributed by atoms with Crippen LogP contribution in [0, 0.1) is 29.6 Å². The van der Waals surface area contributed by atoms with E-state index in [0.717, 1.165) is 23.3 Å².